The Morgan fingerprint density at radius 3 is 2.74 bits per heavy atom. The summed E-state index contributed by atoms with van der Waals surface area (Å²) in [5.41, 5.74) is -5.28. The largest absolute Gasteiger partial charge is 0.507 e. The number of ketones is 2. The fraction of sp³-hybridized carbons (Fsp3) is 0.450. The molecule has 0 amide bonds. The maximum Gasteiger partial charge on any atom is 0.312 e. The first-order valence-electron chi connectivity index (χ1n) is 8.83. The molecule has 0 unspecified atom stereocenters. The van der Waals surface area contributed by atoms with Gasteiger partial charge in [-0.05, 0) is 51.0 Å². The molecule has 142 valence electrons. The second-order valence-corrected chi connectivity index (χ2v) is 7.49. The van der Waals surface area contributed by atoms with Crippen molar-refractivity contribution in [3.05, 3.63) is 35.4 Å². The molecule has 7 heteroatoms. The van der Waals surface area contributed by atoms with Crippen LogP contribution in [0, 0.1) is 11.3 Å². The summed E-state index contributed by atoms with van der Waals surface area (Å²) in [6.45, 7) is 4.75. The maximum atomic E-state index is 13.5. The Hall–Kier alpha value is -2.67. The molecule has 7 nitrogen and oxygen atoms in total. The zero-order valence-corrected chi connectivity index (χ0v) is 15.2. The lowest BCUT2D eigenvalue weighted by Crippen LogP contribution is -2.70. The van der Waals surface area contributed by atoms with E-state index in [4.69, 9.17) is 9.47 Å². The summed E-state index contributed by atoms with van der Waals surface area (Å²) < 4.78 is 11.2. The molecule has 1 saturated carbocycles. The molecule has 2 bridgehead atoms. The fourth-order valence-corrected chi connectivity index (χ4v) is 5.07. The van der Waals surface area contributed by atoms with Gasteiger partial charge in [-0.2, -0.15) is 0 Å². The SMILES string of the molecule is CCOC(=O)[C@H]1C[C@@]23C(=O)C=C(C)[C@]1(O)[C@@]2(C)Oc1cccc(O)c1C3=O. The number of carbonyl (C=O) groups is 3. The number of phenolic OH excluding ortho intramolecular Hbond substituents is 1. The first-order valence-corrected chi connectivity index (χ1v) is 8.83. The van der Waals surface area contributed by atoms with Gasteiger partial charge in [0.15, 0.2) is 17.2 Å². The predicted molar refractivity (Wildman–Crippen MR) is 92.4 cm³/mol. The summed E-state index contributed by atoms with van der Waals surface area (Å²) in [5, 5.41) is 21.9. The summed E-state index contributed by atoms with van der Waals surface area (Å²) >= 11 is 0. The second kappa shape index (κ2) is 5.19. The zero-order valence-electron chi connectivity index (χ0n) is 15.2. The smallest absolute Gasteiger partial charge is 0.312 e. The van der Waals surface area contributed by atoms with E-state index < -0.39 is 40.1 Å². The number of Topliss-reactive ketones (excluding diaryl/α,β-unsaturated/α-hetero) is 1. The summed E-state index contributed by atoms with van der Waals surface area (Å²) in [4.78, 5) is 39.2. The average Bonchev–Trinajstić information content (AvgIpc) is 2.76. The van der Waals surface area contributed by atoms with Crippen LogP contribution in [0.15, 0.2) is 29.8 Å². The first kappa shape index (κ1) is 17.7. The molecule has 0 radical (unpaired) electrons. The summed E-state index contributed by atoms with van der Waals surface area (Å²) in [6, 6.07) is 4.33. The number of rotatable bonds is 2. The number of benzene rings is 1. The van der Waals surface area contributed by atoms with Gasteiger partial charge in [0, 0.05) is 0 Å². The monoisotopic (exact) mass is 372 g/mol. The van der Waals surface area contributed by atoms with Gasteiger partial charge in [0.05, 0.1) is 12.5 Å². The highest BCUT2D eigenvalue weighted by Crippen LogP contribution is 2.66. The number of phenols is 1. The first-order chi connectivity index (χ1) is 12.6. The highest BCUT2D eigenvalue weighted by Gasteiger charge is 2.82. The number of hydrogen-bond acceptors (Lipinski definition) is 7. The van der Waals surface area contributed by atoms with Gasteiger partial charge in [-0.15, -0.1) is 0 Å². The van der Waals surface area contributed by atoms with Crippen LogP contribution < -0.4 is 4.74 Å². The molecule has 1 aromatic rings. The van der Waals surface area contributed by atoms with Crippen LogP contribution in [-0.2, 0) is 14.3 Å². The van der Waals surface area contributed by atoms with E-state index in [1.807, 2.05) is 0 Å². The van der Waals surface area contributed by atoms with E-state index in [1.165, 1.54) is 38.1 Å². The van der Waals surface area contributed by atoms with Crippen molar-refractivity contribution in [3.63, 3.8) is 0 Å². The van der Waals surface area contributed by atoms with Crippen LogP contribution in [0.5, 0.6) is 11.5 Å². The lowest BCUT2D eigenvalue weighted by molar-refractivity contribution is -0.172. The summed E-state index contributed by atoms with van der Waals surface area (Å²) in [5.74, 6) is -3.27. The molecule has 0 saturated heterocycles. The summed E-state index contributed by atoms with van der Waals surface area (Å²) in [6.07, 6.45) is 0.950. The Labute approximate surface area is 155 Å². The van der Waals surface area contributed by atoms with Crippen molar-refractivity contribution in [3.8, 4) is 11.5 Å². The van der Waals surface area contributed by atoms with E-state index >= 15 is 0 Å². The average molecular weight is 372 g/mol. The molecule has 0 aromatic heterocycles. The summed E-state index contributed by atoms with van der Waals surface area (Å²) in [7, 11) is 0. The molecule has 4 rings (SSSR count). The lowest BCUT2D eigenvalue weighted by atomic mass is 9.58. The third-order valence-corrected chi connectivity index (χ3v) is 6.43. The van der Waals surface area contributed by atoms with Crippen molar-refractivity contribution >= 4 is 17.5 Å². The molecule has 27 heavy (non-hydrogen) atoms. The van der Waals surface area contributed by atoms with Gasteiger partial charge in [-0.1, -0.05) is 6.07 Å². The van der Waals surface area contributed by atoms with E-state index in [1.54, 1.807) is 6.92 Å². The molecule has 4 atom stereocenters. The molecule has 2 N–H and O–H groups in total. The minimum absolute atomic E-state index is 0.0727. The van der Waals surface area contributed by atoms with Crippen LogP contribution in [-0.4, -0.2) is 45.6 Å². The topological polar surface area (TPSA) is 110 Å². The van der Waals surface area contributed by atoms with E-state index in [2.05, 4.69) is 0 Å². The quantitative estimate of drug-likeness (QED) is 0.599. The molecular weight excluding hydrogens is 352 g/mol. The van der Waals surface area contributed by atoms with Crippen molar-refractivity contribution in [1.29, 1.82) is 0 Å². The fourth-order valence-electron chi connectivity index (χ4n) is 5.07. The molecule has 1 fully saturated rings. The number of hydrogen-bond donors (Lipinski definition) is 2. The van der Waals surface area contributed by atoms with Gasteiger partial charge in [0.25, 0.3) is 0 Å². The maximum absolute atomic E-state index is 13.5. The van der Waals surface area contributed by atoms with Crippen LogP contribution in [0.4, 0.5) is 0 Å². The van der Waals surface area contributed by atoms with Crippen molar-refractivity contribution in [2.24, 2.45) is 11.3 Å². The number of carbonyl (C=O) groups excluding carboxylic acids is 3. The van der Waals surface area contributed by atoms with Crippen molar-refractivity contribution < 1.29 is 34.1 Å². The standard InChI is InChI=1S/C20H20O7/c1-4-26-17(24)11-9-19-14(22)8-10(2)20(11,25)18(19,3)27-13-7-5-6-12(21)15(13)16(19)23/h5-8,11,21,25H,4,9H2,1-3H3/t11-,18+,19+,20-/m1/s1. The Balaban J connectivity index is 2.02. The number of ether oxygens (including phenoxy) is 2. The van der Waals surface area contributed by atoms with Crippen LogP contribution in [0.3, 0.4) is 0 Å². The van der Waals surface area contributed by atoms with E-state index in [0.717, 1.165) is 0 Å². The molecular formula is C20H20O7. The molecule has 1 heterocycles. The highest BCUT2D eigenvalue weighted by molar-refractivity contribution is 6.23. The predicted octanol–water partition coefficient (Wildman–Crippen LogP) is 1.56. The zero-order chi connectivity index (χ0) is 19.8. The normalized spacial score (nSPS) is 36.4. The third-order valence-electron chi connectivity index (χ3n) is 6.43. The Kier molecular flexibility index (Phi) is 3.41. The van der Waals surface area contributed by atoms with Crippen molar-refractivity contribution in [1.82, 2.24) is 0 Å². The molecule has 1 aromatic carbocycles. The van der Waals surface area contributed by atoms with Gasteiger partial charge in [0.1, 0.15) is 28.1 Å². The van der Waals surface area contributed by atoms with Gasteiger partial charge >= 0.3 is 5.97 Å². The lowest BCUT2D eigenvalue weighted by Gasteiger charge is -2.53. The van der Waals surface area contributed by atoms with Gasteiger partial charge in [0.2, 0.25) is 0 Å². The van der Waals surface area contributed by atoms with Gasteiger partial charge in [-0.3, -0.25) is 14.4 Å². The number of allylic oxidation sites excluding steroid dienone is 1. The van der Waals surface area contributed by atoms with Crippen LogP contribution in [0.1, 0.15) is 37.6 Å². The number of fused-ring (bicyclic) bond motifs is 1. The van der Waals surface area contributed by atoms with Gasteiger partial charge < -0.3 is 19.7 Å². The van der Waals surface area contributed by atoms with Crippen molar-refractivity contribution in [2.45, 2.75) is 38.4 Å². The minimum atomic E-state index is -1.90. The second-order valence-electron chi connectivity index (χ2n) is 7.49. The Morgan fingerprint density at radius 2 is 2.07 bits per heavy atom. The van der Waals surface area contributed by atoms with Gasteiger partial charge in [-0.25, -0.2) is 0 Å². The Morgan fingerprint density at radius 1 is 1.37 bits per heavy atom. The van der Waals surface area contributed by atoms with E-state index in [0.29, 0.717) is 0 Å². The van der Waals surface area contributed by atoms with E-state index in [-0.39, 0.29) is 35.7 Å². The van der Waals surface area contributed by atoms with Crippen LogP contribution in [0.25, 0.3) is 0 Å². The minimum Gasteiger partial charge on any atom is -0.507 e. The highest BCUT2D eigenvalue weighted by atomic mass is 16.5. The molecule has 1 aliphatic heterocycles. The molecule has 3 aliphatic rings. The van der Waals surface area contributed by atoms with E-state index in [9.17, 15) is 24.6 Å². The van der Waals surface area contributed by atoms with Crippen molar-refractivity contribution in [2.75, 3.05) is 6.61 Å². The van der Waals surface area contributed by atoms with Crippen LogP contribution >= 0.6 is 0 Å². The molecule has 0 spiro atoms. The number of aromatic hydroxyl groups is 1. The van der Waals surface area contributed by atoms with Crippen LogP contribution in [0.2, 0.25) is 0 Å². The number of aliphatic hydroxyl groups is 1. The number of esters is 1. The Bertz CT molecular complexity index is 932. The third kappa shape index (κ3) is 1.73. The molecule has 2 aliphatic carbocycles.